The van der Waals surface area contributed by atoms with E-state index in [0.717, 1.165) is 41.0 Å². The lowest BCUT2D eigenvalue weighted by molar-refractivity contribution is -0.132. The van der Waals surface area contributed by atoms with Crippen molar-refractivity contribution in [2.45, 2.75) is 57.4 Å². The Bertz CT molecular complexity index is 1880. The number of nitrogens with one attached hydrogen (secondary N) is 2. The number of aryl methyl sites for hydroxylation is 1. The lowest BCUT2D eigenvalue weighted by Crippen LogP contribution is -2.38. The molecule has 12 nitrogen and oxygen atoms in total. The molecule has 48 heavy (non-hydrogen) atoms. The first-order valence-corrected chi connectivity index (χ1v) is 16.4. The van der Waals surface area contributed by atoms with E-state index in [9.17, 15) is 14.4 Å². The van der Waals surface area contributed by atoms with Crippen LogP contribution in [-0.2, 0) is 16.0 Å². The predicted molar refractivity (Wildman–Crippen MR) is 182 cm³/mol. The summed E-state index contributed by atoms with van der Waals surface area (Å²) in [6.45, 7) is 3.29. The second-order valence-corrected chi connectivity index (χ2v) is 12.3. The van der Waals surface area contributed by atoms with Gasteiger partial charge in [0.2, 0.25) is 23.0 Å². The molecule has 6 rings (SSSR count). The van der Waals surface area contributed by atoms with Gasteiger partial charge in [0.15, 0.2) is 17.1 Å². The highest BCUT2D eigenvalue weighted by Crippen LogP contribution is 2.50. The fourth-order valence-corrected chi connectivity index (χ4v) is 7.00. The van der Waals surface area contributed by atoms with Crippen LogP contribution in [-0.4, -0.2) is 72.3 Å². The van der Waals surface area contributed by atoms with Gasteiger partial charge in [0.05, 0.1) is 33.1 Å². The van der Waals surface area contributed by atoms with Crippen molar-refractivity contribution in [3.8, 4) is 28.4 Å². The molecule has 0 bridgehead atoms. The summed E-state index contributed by atoms with van der Waals surface area (Å²) in [6.07, 6.45) is 5.83. The quantitative estimate of drug-likeness (QED) is 0.237. The van der Waals surface area contributed by atoms with Gasteiger partial charge in [-0.3, -0.25) is 18.8 Å². The van der Waals surface area contributed by atoms with Crippen molar-refractivity contribution in [2.24, 2.45) is 0 Å². The maximum atomic E-state index is 13.6. The van der Waals surface area contributed by atoms with Gasteiger partial charge in [-0.05, 0) is 79.1 Å². The number of rotatable bonds is 10. The van der Waals surface area contributed by atoms with Gasteiger partial charge in [-0.2, -0.15) is 0 Å². The molecule has 2 aliphatic rings. The summed E-state index contributed by atoms with van der Waals surface area (Å²) in [7, 11) is 4.71. The summed E-state index contributed by atoms with van der Waals surface area (Å²) in [4.78, 5) is 40.8. The zero-order valence-electron chi connectivity index (χ0n) is 27.9. The van der Waals surface area contributed by atoms with E-state index in [1.54, 1.807) is 33.5 Å². The Balaban J connectivity index is 1.15. The third kappa shape index (κ3) is 6.51. The molecule has 4 aromatic rings. The van der Waals surface area contributed by atoms with Crippen molar-refractivity contribution in [1.82, 2.24) is 24.8 Å². The molecule has 12 heteroatoms. The molecule has 0 unspecified atom stereocenters. The number of piperidine rings is 1. The number of fused-ring (bicyclic) bond motifs is 4. The van der Waals surface area contributed by atoms with Crippen LogP contribution < -0.4 is 30.3 Å². The van der Waals surface area contributed by atoms with Crippen LogP contribution in [0.15, 0.2) is 53.5 Å². The van der Waals surface area contributed by atoms with Gasteiger partial charge in [0.1, 0.15) is 5.82 Å². The number of carbonyl (C=O) groups is 2. The number of anilines is 1. The molecule has 1 fully saturated rings. The normalized spacial score (nSPS) is 16.0. The Morgan fingerprint density at radius 1 is 0.958 bits per heavy atom. The number of pyridine rings is 1. The molecule has 2 aromatic carbocycles. The highest BCUT2D eigenvalue weighted by atomic mass is 16.5. The first kappa shape index (κ1) is 32.8. The van der Waals surface area contributed by atoms with E-state index in [1.165, 1.54) is 6.92 Å². The fourth-order valence-electron chi connectivity index (χ4n) is 7.00. The maximum Gasteiger partial charge on any atom is 0.222 e. The third-order valence-corrected chi connectivity index (χ3v) is 9.35. The van der Waals surface area contributed by atoms with Crippen LogP contribution in [0.25, 0.3) is 16.8 Å². The number of amides is 2. The second-order valence-electron chi connectivity index (χ2n) is 12.3. The number of hydrogen-bond acceptors (Lipinski definition) is 9. The zero-order valence-corrected chi connectivity index (χ0v) is 27.9. The monoisotopic (exact) mass is 654 g/mol. The molecular formula is C36H42N6O6. The highest BCUT2D eigenvalue weighted by molar-refractivity contribution is 5.84. The maximum absolute atomic E-state index is 13.6. The topological polar surface area (TPSA) is 136 Å². The Kier molecular flexibility index (Phi) is 9.79. The predicted octanol–water partition coefficient (Wildman–Crippen LogP) is 4.50. The Labute approximate surface area is 279 Å². The van der Waals surface area contributed by atoms with Crippen LogP contribution in [0.5, 0.6) is 17.2 Å². The molecular weight excluding hydrogens is 612 g/mol. The van der Waals surface area contributed by atoms with E-state index < -0.39 is 0 Å². The molecule has 1 aliphatic heterocycles. The van der Waals surface area contributed by atoms with Gasteiger partial charge in [-0.1, -0.05) is 12.1 Å². The van der Waals surface area contributed by atoms with Crippen molar-refractivity contribution < 1.29 is 23.8 Å². The van der Waals surface area contributed by atoms with E-state index in [1.807, 2.05) is 45.8 Å². The molecule has 1 aliphatic carbocycles. The number of carbonyl (C=O) groups excluding carboxylic acids is 2. The fraction of sp³-hybridized carbons (Fsp3) is 0.417. The van der Waals surface area contributed by atoms with Crippen molar-refractivity contribution in [1.29, 1.82) is 0 Å². The largest absolute Gasteiger partial charge is 0.493 e. The molecule has 3 heterocycles. The van der Waals surface area contributed by atoms with E-state index in [4.69, 9.17) is 14.2 Å². The van der Waals surface area contributed by atoms with Crippen LogP contribution in [0.4, 0.5) is 5.69 Å². The summed E-state index contributed by atoms with van der Waals surface area (Å²) in [5.74, 6) is 2.64. The summed E-state index contributed by atoms with van der Waals surface area (Å²) in [5.41, 5.74) is 4.27. The lowest BCUT2D eigenvalue weighted by atomic mass is 9.95. The Hall–Kier alpha value is -5.13. The number of hydrogen-bond donors (Lipinski definition) is 2. The Morgan fingerprint density at radius 2 is 1.75 bits per heavy atom. The van der Waals surface area contributed by atoms with E-state index >= 15 is 0 Å². The number of methoxy groups -OCH3 is 3. The number of likely N-dealkylation sites (tertiary alicyclic amines) is 1. The summed E-state index contributed by atoms with van der Waals surface area (Å²) in [6, 6.07) is 12.7. The van der Waals surface area contributed by atoms with Gasteiger partial charge in [0, 0.05) is 50.7 Å². The molecule has 2 N–H and O–H groups in total. The van der Waals surface area contributed by atoms with Crippen molar-refractivity contribution >= 4 is 23.1 Å². The minimum atomic E-state index is -0.384. The van der Waals surface area contributed by atoms with Gasteiger partial charge < -0.3 is 29.7 Å². The number of nitrogens with zero attached hydrogens (tertiary/aromatic N) is 4. The minimum Gasteiger partial charge on any atom is -0.493 e. The first-order chi connectivity index (χ1) is 23.3. The second kappa shape index (κ2) is 14.3. The van der Waals surface area contributed by atoms with Crippen molar-refractivity contribution in [3.05, 3.63) is 75.8 Å². The smallest absolute Gasteiger partial charge is 0.222 e. The molecule has 0 saturated carbocycles. The van der Waals surface area contributed by atoms with Gasteiger partial charge >= 0.3 is 0 Å². The van der Waals surface area contributed by atoms with Gasteiger partial charge in [0.25, 0.3) is 0 Å². The minimum absolute atomic E-state index is 0.111. The first-order valence-electron chi connectivity index (χ1n) is 16.4. The lowest BCUT2D eigenvalue weighted by Gasteiger charge is -2.31. The van der Waals surface area contributed by atoms with Crippen LogP contribution in [0.1, 0.15) is 67.9 Å². The number of benzene rings is 1. The summed E-state index contributed by atoms with van der Waals surface area (Å²) in [5, 5.41) is 15.0. The molecule has 0 spiro atoms. The number of aromatic nitrogens is 3. The van der Waals surface area contributed by atoms with Crippen LogP contribution in [0.2, 0.25) is 0 Å². The van der Waals surface area contributed by atoms with Gasteiger partial charge in [-0.25, -0.2) is 0 Å². The van der Waals surface area contributed by atoms with Crippen LogP contribution in [0.3, 0.4) is 0 Å². The van der Waals surface area contributed by atoms with E-state index in [0.29, 0.717) is 73.8 Å². The molecule has 2 amide bonds. The summed E-state index contributed by atoms with van der Waals surface area (Å²) < 4.78 is 19.2. The average molecular weight is 655 g/mol. The van der Waals surface area contributed by atoms with Crippen LogP contribution >= 0.6 is 0 Å². The number of ether oxygens (including phenoxy) is 3. The summed E-state index contributed by atoms with van der Waals surface area (Å²) >= 11 is 0. The molecule has 1 saturated heterocycles. The standard InChI is InChI=1S/C36H42N6O6/c1-22(43)38-27-12-10-24-20-30(46-2)34(47-3)35(48-4)33(24)25-11-13-28(29(44)21-26(25)27)37-16-7-9-32(45)41-18-14-23(15-19-41)36-40-39-31-8-5-6-17-42(31)36/h5-6,8,11,13,17,20-21,23,27H,7,9-10,12,14-16,18-19H2,1-4H3,(H,37,44)(H,38,43)/t27-/m1/s1. The Morgan fingerprint density at radius 3 is 2.48 bits per heavy atom. The highest BCUT2D eigenvalue weighted by Gasteiger charge is 2.30. The molecule has 0 radical (unpaired) electrons. The van der Waals surface area contributed by atoms with Crippen LogP contribution in [0, 0.1) is 0 Å². The van der Waals surface area contributed by atoms with Gasteiger partial charge in [-0.15, -0.1) is 10.2 Å². The van der Waals surface area contributed by atoms with Crippen molar-refractivity contribution in [2.75, 3.05) is 46.3 Å². The third-order valence-electron chi connectivity index (χ3n) is 9.35. The molecule has 252 valence electrons. The SMILES string of the molecule is COc1cc2c(c(OC)c1OC)-c1ccc(NCCCC(=O)N3CCC(c4nnc5ccccn45)CC3)c(=O)cc1[C@H](NC(C)=O)CC2. The molecule has 1 atom stereocenters. The van der Waals surface area contributed by atoms with Crippen molar-refractivity contribution in [3.63, 3.8) is 0 Å². The average Bonchev–Trinajstić information content (AvgIpc) is 3.39. The van der Waals surface area contributed by atoms with E-state index in [2.05, 4.69) is 20.8 Å². The van der Waals surface area contributed by atoms with E-state index in [-0.39, 0.29) is 29.2 Å². The molecule has 2 aromatic heterocycles. The zero-order chi connectivity index (χ0) is 33.8.